The van der Waals surface area contributed by atoms with Crippen LogP contribution in [0.4, 0.5) is 11.4 Å². The second-order valence-corrected chi connectivity index (χ2v) is 6.88. The molecule has 1 saturated carbocycles. The molecule has 0 amide bonds. The molecular weight excluding hydrogens is 264 g/mol. The predicted octanol–water partition coefficient (Wildman–Crippen LogP) is 4.69. The molecule has 1 aliphatic carbocycles. The van der Waals surface area contributed by atoms with Gasteiger partial charge in [-0.05, 0) is 42.5 Å². The van der Waals surface area contributed by atoms with Crippen molar-refractivity contribution in [1.29, 1.82) is 0 Å². The number of thiophene rings is 1. The Balaban J connectivity index is 1.81. The van der Waals surface area contributed by atoms with Crippen molar-refractivity contribution < 1.29 is 0 Å². The molecule has 0 aliphatic heterocycles. The first-order chi connectivity index (χ1) is 9.76. The number of rotatable bonds is 4. The van der Waals surface area contributed by atoms with Gasteiger partial charge in [-0.15, -0.1) is 11.3 Å². The van der Waals surface area contributed by atoms with Gasteiger partial charge in [0.25, 0.3) is 0 Å². The molecule has 0 spiro atoms. The Morgan fingerprint density at radius 2 is 1.95 bits per heavy atom. The quantitative estimate of drug-likeness (QED) is 0.800. The number of hydrogen-bond donors (Lipinski definition) is 2. The average molecular weight is 286 g/mol. The van der Waals surface area contributed by atoms with E-state index in [4.69, 9.17) is 5.73 Å². The van der Waals surface area contributed by atoms with Crippen molar-refractivity contribution in [3.63, 3.8) is 0 Å². The molecule has 1 aromatic carbocycles. The monoisotopic (exact) mass is 286 g/mol. The van der Waals surface area contributed by atoms with E-state index in [1.807, 2.05) is 29.5 Å². The second kappa shape index (κ2) is 5.88. The van der Waals surface area contributed by atoms with Crippen LogP contribution in [-0.2, 0) is 6.42 Å². The highest BCUT2D eigenvalue weighted by Gasteiger charge is 2.32. The van der Waals surface area contributed by atoms with Gasteiger partial charge in [-0.2, -0.15) is 0 Å². The highest BCUT2D eigenvalue weighted by Crippen LogP contribution is 2.35. The molecule has 2 nitrogen and oxygen atoms in total. The highest BCUT2D eigenvalue weighted by atomic mass is 32.1. The van der Waals surface area contributed by atoms with E-state index in [0.29, 0.717) is 0 Å². The van der Waals surface area contributed by atoms with Gasteiger partial charge in [-0.1, -0.05) is 31.4 Å². The minimum Gasteiger partial charge on any atom is -0.399 e. The molecule has 2 aromatic rings. The molecule has 1 heterocycles. The van der Waals surface area contributed by atoms with Crippen LogP contribution in [-0.4, -0.2) is 5.54 Å². The maximum absolute atomic E-state index is 5.90. The van der Waals surface area contributed by atoms with Crippen LogP contribution in [0, 0.1) is 0 Å². The first-order valence-corrected chi connectivity index (χ1v) is 8.30. The molecule has 0 atom stereocenters. The lowest BCUT2D eigenvalue weighted by Crippen LogP contribution is -2.42. The Labute approximate surface area is 125 Å². The zero-order valence-electron chi connectivity index (χ0n) is 11.8. The van der Waals surface area contributed by atoms with Crippen molar-refractivity contribution in [3.05, 3.63) is 46.7 Å². The van der Waals surface area contributed by atoms with E-state index in [1.165, 1.54) is 37.0 Å². The van der Waals surface area contributed by atoms with Gasteiger partial charge in [0, 0.05) is 28.2 Å². The lowest BCUT2D eigenvalue weighted by molar-refractivity contribution is 0.323. The van der Waals surface area contributed by atoms with Crippen molar-refractivity contribution in [3.8, 4) is 0 Å². The van der Waals surface area contributed by atoms with Crippen LogP contribution in [0.25, 0.3) is 0 Å². The van der Waals surface area contributed by atoms with Gasteiger partial charge in [0.2, 0.25) is 0 Å². The third-order valence-electron chi connectivity index (χ3n) is 4.20. The molecule has 106 valence electrons. The summed E-state index contributed by atoms with van der Waals surface area (Å²) in [6.07, 6.45) is 7.63. The number of hydrogen-bond acceptors (Lipinski definition) is 3. The Hall–Kier alpha value is -1.48. The standard InChI is InChI=1S/C17H22N2S/c18-14-6-4-7-15(12-14)19-17(9-2-1-3-10-17)13-16-8-5-11-20-16/h4-8,11-12,19H,1-3,9-10,13,18H2. The summed E-state index contributed by atoms with van der Waals surface area (Å²) in [5, 5.41) is 5.97. The van der Waals surface area contributed by atoms with Crippen LogP contribution >= 0.6 is 11.3 Å². The average Bonchev–Trinajstić information content (AvgIpc) is 2.92. The van der Waals surface area contributed by atoms with Crippen molar-refractivity contribution in [2.75, 3.05) is 11.1 Å². The normalized spacial score (nSPS) is 17.8. The lowest BCUT2D eigenvalue weighted by atomic mass is 9.78. The molecule has 3 rings (SSSR count). The molecule has 1 aromatic heterocycles. The third kappa shape index (κ3) is 3.15. The maximum Gasteiger partial charge on any atom is 0.0421 e. The molecule has 3 heteroatoms. The number of nitrogens with one attached hydrogen (secondary N) is 1. The summed E-state index contributed by atoms with van der Waals surface area (Å²) in [7, 11) is 0. The predicted molar refractivity (Wildman–Crippen MR) is 88.3 cm³/mol. The Morgan fingerprint density at radius 1 is 1.10 bits per heavy atom. The number of nitrogen functional groups attached to an aromatic ring is 1. The van der Waals surface area contributed by atoms with Gasteiger partial charge < -0.3 is 11.1 Å². The largest absolute Gasteiger partial charge is 0.399 e. The number of benzene rings is 1. The third-order valence-corrected chi connectivity index (χ3v) is 5.08. The van der Waals surface area contributed by atoms with Gasteiger partial charge >= 0.3 is 0 Å². The highest BCUT2D eigenvalue weighted by molar-refractivity contribution is 7.09. The Kier molecular flexibility index (Phi) is 3.97. The van der Waals surface area contributed by atoms with Crippen molar-refractivity contribution in [2.45, 2.75) is 44.1 Å². The topological polar surface area (TPSA) is 38.0 Å². The van der Waals surface area contributed by atoms with Gasteiger partial charge in [0.1, 0.15) is 0 Å². The zero-order valence-corrected chi connectivity index (χ0v) is 12.6. The lowest BCUT2D eigenvalue weighted by Gasteiger charge is -2.39. The summed E-state index contributed by atoms with van der Waals surface area (Å²) in [5.74, 6) is 0. The van der Waals surface area contributed by atoms with Gasteiger partial charge in [-0.25, -0.2) is 0 Å². The summed E-state index contributed by atoms with van der Waals surface area (Å²) in [6, 6.07) is 12.5. The number of anilines is 2. The fraction of sp³-hybridized carbons (Fsp3) is 0.412. The first kappa shape index (κ1) is 13.5. The first-order valence-electron chi connectivity index (χ1n) is 7.42. The molecule has 0 saturated heterocycles. The molecule has 20 heavy (non-hydrogen) atoms. The summed E-state index contributed by atoms with van der Waals surface area (Å²) in [4.78, 5) is 1.48. The molecule has 3 N–H and O–H groups in total. The van der Waals surface area contributed by atoms with Crippen LogP contribution < -0.4 is 11.1 Å². The van der Waals surface area contributed by atoms with Crippen molar-refractivity contribution in [1.82, 2.24) is 0 Å². The Morgan fingerprint density at radius 3 is 2.65 bits per heavy atom. The SMILES string of the molecule is Nc1cccc(NC2(Cc3cccs3)CCCCC2)c1. The molecule has 0 radical (unpaired) electrons. The van der Waals surface area contributed by atoms with Gasteiger partial charge in [-0.3, -0.25) is 0 Å². The molecule has 1 aliphatic rings. The van der Waals surface area contributed by atoms with Crippen LogP contribution in [0.3, 0.4) is 0 Å². The van der Waals surface area contributed by atoms with Crippen molar-refractivity contribution in [2.24, 2.45) is 0 Å². The van der Waals surface area contributed by atoms with Crippen LogP contribution in [0.15, 0.2) is 41.8 Å². The molecule has 0 unspecified atom stereocenters. The second-order valence-electron chi connectivity index (χ2n) is 5.85. The van der Waals surface area contributed by atoms with E-state index in [1.54, 1.807) is 0 Å². The van der Waals surface area contributed by atoms with E-state index in [9.17, 15) is 0 Å². The fourth-order valence-corrected chi connectivity index (χ4v) is 4.09. The summed E-state index contributed by atoms with van der Waals surface area (Å²) < 4.78 is 0. The summed E-state index contributed by atoms with van der Waals surface area (Å²) in [5.41, 5.74) is 8.10. The van der Waals surface area contributed by atoms with Gasteiger partial charge in [0.05, 0.1) is 0 Å². The summed E-state index contributed by atoms with van der Waals surface area (Å²) >= 11 is 1.86. The van der Waals surface area contributed by atoms with Crippen LogP contribution in [0.1, 0.15) is 37.0 Å². The van der Waals surface area contributed by atoms with E-state index in [0.717, 1.165) is 17.8 Å². The zero-order chi connectivity index (χ0) is 13.8. The Bertz CT molecular complexity index is 542. The van der Waals surface area contributed by atoms with Gasteiger partial charge in [0.15, 0.2) is 0 Å². The van der Waals surface area contributed by atoms with Crippen molar-refractivity contribution >= 4 is 22.7 Å². The van der Waals surface area contributed by atoms with E-state index in [2.05, 4.69) is 28.9 Å². The van der Waals surface area contributed by atoms with Crippen LogP contribution in [0.2, 0.25) is 0 Å². The maximum atomic E-state index is 5.90. The van der Waals surface area contributed by atoms with Crippen LogP contribution in [0.5, 0.6) is 0 Å². The molecule has 0 bridgehead atoms. The molecular formula is C17H22N2S. The van der Waals surface area contributed by atoms with E-state index >= 15 is 0 Å². The number of nitrogens with two attached hydrogens (primary N) is 1. The summed E-state index contributed by atoms with van der Waals surface area (Å²) in [6.45, 7) is 0. The fourth-order valence-electron chi connectivity index (χ4n) is 3.24. The smallest absolute Gasteiger partial charge is 0.0421 e. The minimum atomic E-state index is 0.205. The van der Waals surface area contributed by atoms with E-state index < -0.39 is 0 Å². The molecule has 1 fully saturated rings. The van der Waals surface area contributed by atoms with E-state index in [-0.39, 0.29) is 5.54 Å². The minimum absolute atomic E-state index is 0.205.